The Labute approximate surface area is 343 Å². The molecule has 4 aromatic carbocycles. The van der Waals surface area contributed by atoms with Gasteiger partial charge in [-0.1, -0.05) is 42.5 Å². The maximum atomic E-state index is 12.7. The standard InChI is InChI=1S/C17H16F3N5O3S.C9H12N6O2S.C7H6BF3O3/c1-21-29(26,27)13-8-7-11(14(10-13)16-22-23-24-25(16)2)9-12-5-3-4-6-15(12)28-17(18,19)20;1-11-18(16,17)6-3-4-8(10)7(5-6)9-12-13-14-15(9)2;9-7(10,11)14-6-4-2-1-3-5(6)8(12)13/h3-8,10,21H,9H2,1-2H3;3-5,11H,10H2,1-2H3;1-4,12-13H. The molecular weight excluding hydrogens is 867 g/mol. The molecular formula is C33H34BF6N11O8S2. The molecule has 19 nitrogen and oxygen atoms in total. The summed E-state index contributed by atoms with van der Waals surface area (Å²) in [6.07, 6.45) is -9.64. The Morgan fingerprint density at radius 3 is 1.62 bits per heavy atom. The number of anilines is 1. The molecule has 28 heteroatoms. The predicted octanol–water partition coefficient (Wildman–Crippen LogP) is 1.91. The minimum absolute atomic E-state index is 0.0263. The molecule has 0 spiro atoms. The number of sulfonamides is 2. The van der Waals surface area contributed by atoms with E-state index in [2.05, 4.69) is 50.0 Å². The summed E-state index contributed by atoms with van der Waals surface area (Å²) in [6.45, 7) is 0. The molecule has 2 aromatic heterocycles. The lowest BCUT2D eigenvalue weighted by Gasteiger charge is -2.15. The molecule has 6 N–H and O–H groups in total. The maximum Gasteiger partial charge on any atom is 0.573 e. The van der Waals surface area contributed by atoms with Crippen molar-refractivity contribution < 1.29 is 62.7 Å². The van der Waals surface area contributed by atoms with E-state index in [-0.39, 0.29) is 38.8 Å². The van der Waals surface area contributed by atoms with Crippen molar-refractivity contribution in [3.8, 4) is 34.3 Å². The van der Waals surface area contributed by atoms with Gasteiger partial charge in [0.05, 0.1) is 9.79 Å². The second-order valence-electron chi connectivity index (χ2n) is 12.0. The van der Waals surface area contributed by atoms with Gasteiger partial charge in [-0.25, -0.2) is 35.6 Å². The average Bonchev–Trinajstić information content (AvgIpc) is 3.82. The fourth-order valence-electron chi connectivity index (χ4n) is 5.12. The van der Waals surface area contributed by atoms with Crippen LogP contribution in [0, 0.1) is 0 Å². The molecule has 6 rings (SSSR count). The topological polar surface area (TPSA) is 264 Å². The summed E-state index contributed by atoms with van der Waals surface area (Å²) in [5.41, 5.74) is 7.52. The number of aromatic nitrogens is 8. The normalized spacial score (nSPS) is 11.8. The van der Waals surface area contributed by atoms with Crippen molar-refractivity contribution in [3.63, 3.8) is 0 Å². The van der Waals surface area contributed by atoms with Crippen LogP contribution in [0.1, 0.15) is 11.1 Å². The summed E-state index contributed by atoms with van der Waals surface area (Å²) in [4.78, 5) is 0.0822. The van der Waals surface area contributed by atoms with Gasteiger partial charge in [-0.2, -0.15) is 0 Å². The number of benzene rings is 4. The Morgan fingerprint density at radius 2 is 1.13 bits per heavy atom. The zero-order valence-corrected chi connectivity index (χ0v) is 33.6. The van der Waals surface area contributed by atoms with Gasteiger partial charge in [0.2, 0.25) is 20.0 Å². The summed E-state index contributed by atoms with van der Waals surface area (Å²) in [5.74, 6) is -0.285. The number of rotatable bonds is 11. The first-order chi connectivity index (χ1) is 28.5. The molecule has 0 atom stereocenters. The second kappa shape index (κ2) is 19.5. The third kappa shape index (κ3) is 12.9. The van der Waals surface area contributed by atoms with E-state index in [0.29, 0.717) is 28.2 Å². The van der Waals surface area contributed by atoms with Gasteiger partial charge in [-0.05, 0) is 88.5 Å². The monoisotopic (exact) mass is 901 g/mol. The quantitative estimate of drug-likeness (QED) is 0.0707. The molecule has 326 valence electrons. The van der Waals surface area contributed by atoms with Crippen molar-refractivity contribution in [1.82, 2.24) is 49.9 Å². The molecule has 6 aromatic rings. The molecule has 0 saturated heterocycles. The van der Waals surface area contributed by atoms with Crippen molar-refractivity contribution in [3.05, 3.63) is 96.1 Å². The first kappa shape index (κ1) is 47.5. The van der Waals surface area contributed by atoms with Crippen LogP contribution in [0.2, 0.25) is 0 Å². The molecule has 0 saturated carbocycles. The molecule has 0 amide bonds. The van der Waals surface area contributed by atoms with E-state index < -0.39 is 45.6 Å². The Kier molecular flexibility index (Phi) is 15.1. The Balaban J connectivity index is 0.000000219. The van der Waals surface area contributed by atoms with E-state index in [0.717, 1.165) is 12.1 Å². The molecule has 61 heavy (non-hydrogen) atoms. The minimum atomic E-state index is -4.84. The van der Waals surface area contributed by atoms with Gasteiger partial charge in [-0.3, -0.25) is 0 Å². The number of tetrazole rings is 2. The number of alkyl halides is 6. The highest BCUT2D eigenvalue weighted by molar-refractivity contribution is 7.89. The summed E-state index contributed by atoms with van der Waals surface area (Å²) in [6, 6.07) is 19.2. The highest BCUT2D eigenvalue weighted by Gasteiger charge is 2.34. The van der Waals surface area contributed by atoms with Gasteiger partial charge < -0.3 is 25.3 Å². The number of nitrogens with zero attached hydrogens (tertiary/aromatic N) is 8. The van der Waals surface area contributed by atoms with Gasteiger partial charge >= 0.3 is 19.8 Å². The van der Waals surface area contributed by atoms with Crippen LogP contribution in [0.25, 0.3) is 22.8 Å². The number of halogens is 6. The van der Waals surface area contributed by atoms with Gasteiger partial charge in [0.1, 0.15) is 11.5 Å². The molecule has 2 heterocycles. The van der Waals surface area contributed by atoms with E-state index in [1.807, 2.05) is 0 Å². The number of hydrogen-bond acceptors (Lipinski definition) is 15. The fraction of sp³-hybridized carbons (Fsp3) is 0.212. The van der Waals surface area contributed by atoms with Crippen molar-refractivity contribution in [2.75, 3.05) is 19.8 Å². The molecule has 0 unspecified atom stereocenters. The van der Waals surface area contributed by atoms with E-state index in [9.17, 15) is 43.2 Å². The predicted molar refractivity (Wildman–Crippen MR) is 204 cm³/mol. The van der Waals surface area contributed by atoms with Crippen molar-refractivity contribution in [2.45, 2.75) is 28.9 Å². The largest absolute Gasteiger partial charge is 0.573 e. The van der Waals surface area contributed by atoms with E-state index in [1.165, 1.54) is 90.2 Å². The van der Waals surface area contributed by atoms with Crippen molar-refractivity contribution >= 4 is 38.3 Å². The Hall–Kier alpha value is -6.20. The number of para-hydroxylation sites is 2. The van der Waals surface area contributed by atoms with Crippen LogP contribution in [-0.2, 0) is 40.6 Å². The zero-order chi connectivity index (χ0) is 45.3. The van der Waals surface area contributed by atoms with Crippen molar-refractivity contribution in [1.29, 1.82) is 0 Å². The van der Waals surface area contributed by atoms with E-state index in [4.69, 9.17) is 15.8 Å². The molecule has 0 aliphatic heterocycles. The molecule has 0 bridgehead atoms. The highest BCUT2D eigenvalue weighted by atomic mass is 32.2. The minimum Gasteiger partial charge on any atom is -0.423 e. The maximum absolute atomic E-state index is 12.7. The third-order valence-electron chi connectivity index (χ3n) is 7.99. The Bertz CT molecular complexity index is 2670. The summed E-state index contributed by atoms with van der Waals surface area (Å²) >= 11 is 0. The summed E-state index contributed by atoms with van der Waals surface area (Å²) in [7, 11) is -3.43. The van der Waals surface area contributed by atoms with E-state index >= 15 is 0 Å². The molecule has 0 radical (unpaired) electrons. The van der Waals surface area contributed by atoms with Gasteiger partial charge in [0.25, 0.3) is 0 Å². The van der Waals surface area contributed by atoms with Crippen LogP contribution in [0.5, 0.6) is 11.5 Å². The Morgan fingerprint density at radius 1 is 0.672 bits per heavy atom. The van der Waals surface area contributed by atoms with Crippen LogP contribution in [-0.4, -0.2) is 101 Å². The highest BCUT2D eigenvalue weighted by Crippen LogP contribution is 2.32. The fourth-order valence-corrected chi connectivity index (χ4v) is 6.63. The average molecular weight is 902 g/mol. The lowest BCUT2D eigenvalue weighted by atomic mass is 9.80. The number of nitrogens with one attached hydrogen (secondary N) is 2. The van der Waals surface area contributed by atoms with Crippen LogP contribution in [0.3, 0.4) is 0 Å². The van der Waals surface area contributed by atoms with Crippen molar-refractivity contribution in [2.24, 2.45) is 14.1 Å². The van der Waals surface area contributed by atoms with Gasteiger partial charge in [-0.15, -0.1) is 36.5 Å². The van der Waals surface area contributed by atoms with Crippen LogP contribution < -0.4 is 30.1 Å². The lowest BCUT2D eigenvalue weighted by Crippen LogP contribution is -2.33. The second-order valence-corrected chi connectivity index (χ2v) is 15.8. The molecule has 0 fully saturated rings. The van der Waals surface area contributed by atoms with Gasteiger partial charge in [0, 0.05) is 42.8 Å². The van der Waals surface area contributed by atoms with Gasteiger partial charge in [0.15, 0.2) is 11.6 Å². The number of aryl methyl sites for hydroxylation is 2. The summed E-state index contributed by atoms with van der Waals surface area (Å²) < 4.78 is 136. The smallest absolute Gasteiger partial charge is 0.423 e. The number of nitrogen functional groups attached to an aromatic ring is 1. The number of hydrogen-bond donors (Lipinski definition) is 5. The SMILES string of the molecule is CNS(=O)(=O)c1ccc(Cc2ccccc2OC(F)(F)F)c(-c2nnnn2C)c1.CNS(=O)(=O)c1ccc(N)c(-c2nnnn2C)c1.OB(O)c1ccccc1OC(F)(F)F. The van der Waals surface area contributed by atoms with E-state index in [1.54, 1.807) is 20.2 Å². The molecule has 0 aliphatic rings. The first-order valence-corrected chi connectivity index (χ1v) is 19.8. The third-order valence-corrected chi connectivity index (χ3v) is 10.8. The first-order valence-electron chi connectivity index (χ1n) is 16.9. The molecule has 0 aliphatic carbocycles. The van der Waals surface area contributed by atoms with Crippen LogP contribution in [0.15, 0.2) is 94.7 Å². The number of ether oxygens (including phenoxy) is 2. The van der Waals surface area contributed by atoms with Crippen LogP contribution >= 0.6 is 0 Å². The number of nitrogens with two attached hydrogens (primary N) is 1. The lowest BCUT2D eigenvalue weighted by molar-refractivity contribution is -0.275. The zero-order valence-electron chi connectivity index (χ0n) is 32.0. The summed E-state index contributed by atoms with van der Waals surface area (Å²) in [5, 5.41) is 39.6. The van der Waals surface area contributed by atoms with Crippen LogP contribution in [0.4, 0.5) is 32.0 Å².